The van der Waals surface area contributed by atoms with Crippen LogP contribution in [-0.4, -0.2) is 17.0 Å². The average molecular weight is 216 g/mol. The zero-order valence-corrected chi connectivity index (χ0v) is 8.28. The number of primary amides is 1. The molecule has 0 aliphatic rings. The Balaban J connectivity index is 0.000000364. The topological polar surface area (TPSA) is 80.4 Å². The molecule has 4 nitrogen and oxygen atoms in total. The minimum absolute atomic E-state index is 0.438. The van der Waals surface area contributed by atoms with E-state index in [1.54, 1.807) is 18.2 Å². The molecule has 1 aromatic rings. The molecule has 0 atom stereocenters. The van der Waals surface area contributed by atoms with Crippen LogP contribution in [0.2, 0.25) is 5.02 Å². The third-order valence-corrected chi connectivity index (χ3v) is 1.34. The number of carboxylic acids is 1. The number of hydrogen-bond donors (Lipinski definition) is 2. The predicted molar refractivity (Wildman–Crippen MR) is 53.3 cm³/mol. The Morgan fingerprint density at radius 2 is 1.93 bits per heavy atom. The maximum Gasteiger partial charge on any atom is 0.300 e. The van der Waals surface area contributed by atoms with Gasteiger partial charge in [0, 0.05) is 17.5 Å². The van der Waals surface area contributed by atoms with E-state index >= 15 is 0 Å². The van der Waals surface area contributed by atoms with Gasteiger partial charge in [-0.25, -0.2) is 0 Å². The summed E-state index contributed by atoms with van der Waals surface area (Å²) >= 11 is 5.58. The molecular formula is C9H10ClNO3. The van der Waals surface area contributed by atoms with Crippen molar-refractivity contribution in [3.63, 3.8) is 0 Å². The van der Waals surface area contributed by atoms with Gasteiger partial charge in [-0.1, -0.05) is 17.7 Å². The fraction of sp³-hybridized carbons (Fsp3) is 0.111. The van der Waals surface area contributed by atoms with E-state index in [1.165, 1.54) is 6.07 Å². The number of hydrogen-bond acceptors (Lipinski definition) is 2. The van der Waals surface area contributed by atoms with E-state index in [-0.39, 0.29) is 0 Å². The van der Waals surface area contributed by atoms with Gasteiger partial charge in [-0.05, 0) is 18.2 Å². The number of carbonyl (C=O) groups is 2. The summed E-state index contributed by atoms with van der Waals surface area (Å²) in [7, 11) is 0. The molecule has 0 aliphatic heterocycles. The third kappa shape index (κ3) is 6.02. The molecule has 0 spiro atoms. The molecule has 0 bridgehead atoms. The smallest absolute Gasteiger partial charge is 0.300 e. The van der Waals surface area contributed by atoms with E-state index in [9.17, 15) is 4.79 Å². The first-order chi connectivity index (χ1) is 6.43. The normalized spacial score (nSPS) is 8.43. The molecule has 0 heterocycles. The summed E-state index contributed by atoms with van der Waals surface area (Å²) < 4.78 is 0. The number of aliphatic carboxylic acids is 1. The van der Waals surface area contributed by atoms with Crippen LogP contribution in [-0.2, 0) is 4.79 Å². The Morgan fingerprint density at radius 3 is 2.21 bits per heavy atom. The number of rotatable bonds is 1. The van der Waals surface area contributed by atoms with Crippen LogP contribution in [0.5, 0.6) is 0 Å². The summed E-state index contributed by atoms with van der Waals surface area (Å²) in [6.07, 6.45) is 0. The average Bonchev–Trinajstić information content (AvgIpc) is 2.03. The van der Waals surface area contributed by atoms with Gasteiger partial charge in [0.1, 0.15) is 0 Å². The van der Waals surface area contributed by atoms with Gasteiger partial charge in [-0.3, -0.25) is 9.59 Å². The molecular weight excluding hydrogens is 206 g/mol. The largest absolute Gasteiger partial charge is 0.481 e. The van der Waals surface area contributed by atoms with Crippen molar-refractivity contribution < 1.29 is 14.7 Å². The minimum Gasteiger partial charge on any atom is -0.481 e. The fourth-order valence-electron chi connectivity index (χ4n) is 0.642. The molecule has 1 rings (SSSR count). The molecule has 0 radical (unpaired) electrons. The Labute approximate surface area is 86.3 Å². The van der Waals surface area contributed by atoms with Crippen LogP contribution in [0, 0.1) is 0 Å². The first-order valence-corrected chi connectivity index (χ1v) is 4.06. The van der Waals surface area contributed by atoms with Gasteiger partial charge in [0.05, 0.1) is 0 Å². The van der Waals surface area contributed by atoms with Crippen LogP contribution in [0.15, 0.2) is 24.3 Å². The molecule has 3 N–H and O–H groups in total. The molecule has 76 valence electrons. The van der Waals surface area contributed by atoms with Gasteiger partial charge >= 0.3 is 0 Å². The highest BCUT2D eigenvalue weighted by Gasteiger charge is 1.97. The molecule has 5 heteroatoms. The van der Waals surface area contributed by atoms with Crippen molar-refractivity contribution in [3.05, 3.63) is 34.9 Å². The first kappa shape index (κ1) is 12.5. The van der Waals surface area contributed by atoms with Crippen molar-refractivity contribution in [1.29, 1.82) is 0 Å². The number of carboxylic acid groups (broad SMARTS) is 1. The molecule has 1 aromatic carbocycles. The quantitative estimate of drug-likeness (QED) is 0.746. The van der Waals surface area contributed by atoms with E-state index in [1.807, 2.05) is 0 Å². The van der Waals surface area contributed by atoms with E-state index in [0.29, 0.717) is 10.6 Å². The highest BCUT2D eigenvalue weighted by atomic mass is 35.5. The summed E-state index contributed by atoms with van der Waals surface area (Å²) in [5, 5.41) is 7.94. The fourth-order valence-corrected chi connectivity index (χ4v) is 0.832. The zero-order valence-electron chi connectivity index (χ0n) is 7.53. The molecule has 0 aromatic heterocycles. The highest BCUT2D eigenvalue weighted by Crippen LogP contribution is 2.09. The summed E-state index contributed by atoms with van der Waals surface area (Å²) in [6.45, 7) is 1.08. The highest BCUT2D eigenvalue weighted by molar-refractivity contribution is 6.30. The Bertz CT molecular complexity index is 335. The second-order valence-corrected chi connectivity index (χ2v) is 2.83. The molecule has 0 unspecified atom stereocenters. The Hall–Kier alpha value is -1.55. The maximum atomic E-state index is 10.5. The standard InChI is InChI=1S/C7H6ClNO.C2H4O2/c8-6-3-1-2-5(4-6)7(9)10;1-2(3)4/h1-4H,(H2,9,10);1H3,(H,3,4). The Kier molecular flexibility index (Phi) is 5.33. The van der Waals surface area contributed by atoms with Gasteiger partial charge in [-0.15, -0.1) is 0 Å². The van der Waals surface area contributed by atoms with Gasteiger partial charge in [0.2, 0.25) is 5.91 Å². The van der Waals surface area contributed by atoms with E-state index in [2.05, 4.69) is 0 Å². The molecule has 0 aliphatic carbocycles. The van der Waals surface area contributed by atoms with Gasteiger partial charge in [-0.2, -0.15) is 0 Å². The van der Waals surface area contributed by atoms with Crippen molar-refractivity contribution in [3.8, 4) is 0 Å². The van der Waals surface area contributed by atoms with Crippen LogP contribution < -0.4 is 5.73 Å². The monoisotopic (exact) mass is 215 g/mol. The SMILES string of the molecule is CC(=O)O.NC(=O)c1cccc(Cl)c1. The summed E-state index contributed by atoms with van der Waals surface area (Å²) in [5.41, 5.74) is 5.42. The lowest BCUT2D eigenvalue weighted by atomic mass is 10.2. The summed E-state index contributed by atoms with van der Waals surface area (Å²) in [5.74, 6) is -1.29. The number of nitrogens with two attached hydrogens (primary N) is 1. The van der Waals surface area contributed by atoms with Crippen LogP contribution in [0.25, 0.3) is 0 Å². The van der Waals surface area contributed by atoms with Gasteiger partial charge in [0.15, 0.2) is 0 Å². The number of carbonyl (C=O) groups excluding carboxylic acids is 1. The second-order valence-electron chi connectivity index (χ2n) is 2.39. The Morgan fingerprint density at radius 1 is 1.43 bits per heavy atom. The van der Waals surface area contributed by atoms with Crippen molar-refractivity contribution >= 4 is 23.5 Å². The van der Waals surface area contributed by atoms with Crippen molar-refractivity contribution in [2.75, 3.05) is 0 Å². The molecule has 0 saturated carbocycles. The van der Waals surface area contributed by atoms with Crippen LogP contribution in [0.4, 0.5) is 0 Å². The number of halogens is 1. The molecule has 0 saturated heterocycles. The molecule has 1 amide bonds. The molecule has 0 fully saturated rings. The maximum absolute atomic E-state index is 10.5. The predicted octanol–water partition coefficient (Wildman–Crippen LogP) is 1.53. The lowest BCUT2D eigenvalue weighted by Crippen LogP contribution is -2.10. The minimum atomic E-state index is -0.833. The second kappa shape index (κ2) is 5.99. The summed E-state index contributed by atoms with van der Waals surface area (Å²) in [4.78, 5) is 19.5. The van der Waals surface area contributed by atoms with Crippen molar-refractivity contribution in [1.82, 2.24) is 0 Å². The van der Waals surface area contributed by atoms with Crippen LogP contribution in [0.3, 0.4) is 0 Å². The van der Waals surface area contributed by atoms with E-state index < -0.39 is 11.9 Å². The number of amides is 1. The lowest BCUT2D eigenvalue weighted by Gasteiger charge is -1.93. The lowest BCUT2D eigenvalue weighted by molar-refractivity contribution is -0.134. The van der Waals surface area contributed by atoms with Crippen LogP contribution >= 0.6 is 11.6 Å². The third-order valence-electron chi connectivity index (χ3n) is 1.11. The number of benzene rings is 1. The van der Waals surface area contributed by atoms with Gasteiger partial charge in [0.25, 0.3) is 5.97 Å². The van der Waals surface area contributed by atoms with Gasteiger partial charge < -0.3 is 10.8 Å². The van der Waals surface area contributed by atoms with Crippen molar-refractivity contribution in [2.45, 2.75) is 6.92 Å². The van der Waals surface area contributed by atoms with Crippen LogP contribution in [0.1, 0.15) is 17.3 Å². The zero-order chi connectivity index (χ0) is 11.1. The summed E-state index contributed by atoms with van der Waals surface area (Å²) in [6, 6.07) is 6.52. The van der Waals surface area contributed by atoms with E-state index in [0.717, 1.165) is 6.92 Å². The van der Waals surface area contributed by atoms with E-state index in [4.69, 9.17) is 27.2 Å². The molecule has 14 heavy (non-hydrogen) atoms. The van der Waals surface area contributed by atoms with Crippen molar-refractivity contribution in [2.24, 2.45) is 5.73 Å². The first-order valence-electron chi connectivity index (χ1n) is 3.68.